The second-order valence-electron chi connectivity index (χ2n) is 6.41. The van der Waals surface area contributed by atoms with Gasteiger partial charge in [-0.1, -0.05) is 87.2 Å². The maximum Gasteiger partial charge on any atom is 0.0462 e. The highest BCUT2D eigenvalue weighted by molar-refractivity contribution is 5.48. The molecule has 24 heavy (non-hydrogen) atoms. The van der Waals surface area contributed by atoms with Gasteiger partial charge in [0.2, 0.25) is 0 Å². The number of benzene rings is 2. The van der Waals surface area contributed by atoms with Crippen molar-refractivity contribution in [3.05, 3.63) is 83.9 Å². The highest BCUT2D eigenvalue weighted by Gasteiger charge is 2.20. The largest absolute Gasteiger partial charge is 0.396 e. The van der Waals surface area contributed by atoms with E-state index in [0.717, 1.165) is 30.4 Å². The fourth-order valence-corrected chi connectivity index (χ4v) is 3.20. The molecule has 2 aromatic carbocycles. The lowest BCUT2D eigenvalue weighted by molar-refractivity contribution is 0.169. The average Bonchev–Trinajstić information content (AvgIpc) is 2.64. The fraction of sp³-hybridized carbons (Fsp3) is 0.304. The van der Waals surface area contributed by atoms with Gasteiger partial charge in [-0.05, 0) is 46.9 Å². The van der Waals surface area contributed by atoms with Crippen LogP contribution in [0.1, 0.15) is 35.6 Å². The van der Waals surface area contributed by atoms with Crippen LogP contribution in [-0.4, -0.2) is 11.7 Å². The fourth-order valence-electron chi connectivity index (χ4n) is 3.20. The summed E-state index contributed by atoms with van der Waals surface area (Å²) < 4.78 is 0. The Hall–Kier alpha value is -2.12. The highest BCUT2D eigenvalue weighted by atomic mass is 16.3. The van der Waals surface area contributed by atoms with Gasteiger partial charge in [-0.25, -0.2) is 0 Å². The molecule has 0 heterocycles. The first-order valence-electron chi connectivity index (χ1n) is 8.73. The van der Waals surface area contributed by atoms with E-state index in [0.29, 0.717) is 11.8 Å². The van der Waals surface area contributed by atoms with Crippen molar-refractivity contribution >= 4 is 12.2 Å². The number of hydrogen-bond acceptors (Lipinski definition) is 1. The van der Waals surface area contributed by atoms with Crippen molar-refractivity contribution in [2.45, 2.75) is 26.2 Å². The van der Waals surface area contributed by atoms with E-state index in [1.165, 1.54) is 11.1 Å². The molecular formula is C23H28O. The van der Waals surface area contributed by atoms with Crippen LogP contribution in [0.5, 0.6) is 0 Å². The molecule has 1 nitrogen and oxygen atoms in total. The summed E-state index contributed by atoms with van der Waals surface area (Å²) in [6.07, 6.45) is 6.70. The zero-order valence-corrected chi connectivity index (χ0v) is 14.6. The Morgan fingerprint density at radius 3 is 1.50 bits per heavy atom. The molecule has 0 bridgehead atoms. The van der Waals surface area contributed by atoms with Crippen molar-refractivity contribution in [1.29, 1.82) is 0 Å². The van der Waals surface area contributed by atoms with Gasteiger partial charge < -0.3 is 5.11 Å². The molecule has 0 aliphatic heterocycles. The van der Waals surface area contributed by atoms with Crippen molar-refractivity contribution in [1.82, 2.24) is 0 Å². The third kappa shape index (κ3) is 4.94. The van der Waals surface area contributed by atoms with Crippen LogP contribution in [-0.2, 0) is 12.8 Å². The molecule has 1 atom stereocenters. The quantitative estimate of drug-likeness (QED) is 0.656. The molecule has 1 N–H and O–H groups in total. The van der Waals surface area contributed by atoms with E-state index in [2.05, 4.69) is 68.6 Å². The molecule has 2 rings (SSSR count). The number of aliphatic hydroxyl groups is 1. The Kier molecular flexibility index (Phi) is 7.02. The van der Waals surface area contributed by atoms with Crippen LogP contribution in [0.25, 0.3) is 12.2 Å². The summed E-state index contributed by atoms with van der Waals surface area (Å²) in [5, 5.41) is 9.79. The first-order valence-corrected chi connectivity index (χ1v) is 8.73. The Balaban J connectivity index is 2.16. The lowest BCUT2D eigenvalue weighted by Crippen LogP contribution is -2.22. The van der Waals surface area contributed by atoms with E-state index in [1.54, 1.807) is 0 Å². The van der Waals surface area contributed by atoms with Crippen LogP contribution in [0.3, 0.4) is 0 Å². The van der Waals surface area contributed by atoms with E-state index in [1.807, 2.05) is 12.2 Å². The summed E-state index contributed by atoms with van der Waals surface area (Å²) >= 11 is 0. The van der Waals surface area contributed by atoms with E-state index in [4.69, 9.17) is 0 Å². The molecule has 2 aromatic rings. The van der Waals surface area contributed by atoms with Gasteiger partial charge in [0.25, 0.3) is 0 Å². The van der Waals surface area contributed by atoms with Gasteiger partial charge in [0, 0.05) is 6.61 Å². The predicted octanol–water partition coefficient (Wildman–Crippen LogP) is 5.39. The molecule has 126 valence electrons. The van der Waals surface area contributed by atoms with Gasteiger partial charge in [-0.15, -0.1) is 0 Å². The smallest absolute Gasteiger partial charge is 0.0462 e. The van der Waals surface area contributed by atoms with Gasteiger partial charge in [0.05, 0.1) is 0 Å². The zero-order chi connectivity index (χ0) is 17.4. The second-order valence-corrected chi connectivity index (χ2v) is 6.41. The minimum absolute atomic E-state index is 0.247. The van der Waals surface area contributed by atoms with Crippen molar-refractivity contribution in [2.24, 2.45) is 11.8 Å². The molecule has 1 heteroatoms. The minimum Gasteiger partial charge on any atom is -0.396 e. The topological polar surface area (TPSA) is 20.2 Å². The Morgan fingerprint density at radius 1 is 0.792 bits per heavy atom. The highest BCUT2D eigenvalue weighted by Crippen LogP contribution is 2.25. The number of aliphatic hydroxyl groups excluding tert-OH is 1. The van der Waals surface area contributed by atoms with Gasteiger partial charge >= 0.3 is 0 Å². The molecule has 0 aromatic heterocycles. The van der Waals surface area contributed by atoms with E-state index < -0.39 is 0 Å². The lowest BCUT2D eigenvalue weighted by atomic mass is 9.81. The van der Waals surface area contributed by atoms with Gasteiger partial charge in [-0.3, -0.25) is 0 Å². The summed E-state index contributed by atoms with van der Waals surface area (Å²) in [5.74, 6) is 0.757. The molecule has 0 aliphatic carbocycles. The molecule has 0 radical (unpaired) electrons. The summed E-state index contributed by atoms with van der Waals surface area (Å²) in [5.41, 5.74) is 4.93. The second kappa shape index (κ2) is 9.24. The third-order valence-electron chi connectivity index (χ3n) is 4.85. The van der Waals surface area contributed by atoms with Crippen molar-refractivity contribution in [3.63, 3.8) is 0 Å². The monoisotopic (exact) mass is 320 g/mol. The zero-order valence-electron chi connectivity index (χ0n) is 14.6. The Morgan fingerprint density at radius 2 is 1.21 bits per heavy atom. The van der Waals surface area contributed by atoms with E-state index in [9.17, 15) is 5.11 Å². The van der Waals surface area contributed by atoms with Crippen LogP contribution in [0, 0.1) is 11.8 Å². The van der Waals surface area contributed by atoms with Gasteiger partial charge in [-0.2, -0.15) is 0 Å². The predicted molar refractivity (Wildman–Crippen MR) is 105 cm³/mol. The molecule has 0 saturated carbocycles. The summed E-state index contributed by atoms with van der Waals surface area (Å²) in [4.78, 5) is 0. The first-order chi connectivity index (χ1) is 11.7. The Labute approximate surface area is 146 Å². The minimum atomic E-state index is 0.247. The standard InChI is InChI=1S/C23H28O/c1-4-18-7-11-20(12-8-18)15-23(22(6-3)17-24)16-21-13-9-19(5-2)10-14-21/h4-5,7-14,22-24H,1-2,6,15-17H2,3H3. The molecule has 0 spiro atoms. The van der Waals surface area contributed by atoms with Gasteiger partial charge in [0.1, 0.15) is 0 Å². The van der Waals surface area contributed by atoms with Gasteiger partial charge in [0.15, 0.2) is 0 Å². The summed E-state index contributed by atoms with van der Waals surface area (Å²) in [7, 11) is 0. The average molecular weight is 320 g/mol. The molecule has 1 unspecified atom stereocenters. The number of hydrogen-bond donors (Lipinski definition) is 1. The maximum absolute atomic E-state index is 9.79. The van der Waals surface area contributed by atoms with Crippen LogP contribution in [0.2, 0.25) is 0 Å². The molecule has 0 amide bonds. The van der Waals surface area contributed by atoms with Crippen LogP contribution in [0.4, 0.5) is 0 Å². The molecular weight excluding hydrogens is 292 g/mol. The lowest BCUT2D eigenvalue weighted by Gasteiger charge is -2.25. The summed E-state index contributed by atoms with van der Waals surface area (Å²) in [6, 6.07) is 17.1. The SMILES string of the molecule is C=Cc1ccc(CC(Cc2ccc(C=C)cc2)C(CC)CO)cc1. The Bertz CT molecular complexity index is 579. The normalized spacial score (nSPS) is 12.1. The van der Waals surface area contributed by atoms with E-state index >= 15 is 0 Å². The molecule has 0 aliphatic rings. The molecule has 0 saturated heterocycles. The molecule has 0 fully saturated rings. The van der Waals surface area contributed by atoms with E-state index in [-0.39, 0.29) is 6.61 Å². The van der Waals surface area contributed by atoms with Crippen LogP contribution >= 0.6 is 0 Å². The van der Waals surface area contributed by atoms with Crippen LogP contribution < -0.4 is 0 Å². The summed E-state index contributed by atoms with van der Waals surface area (Å²) in [6.45, 7) is 10.0. The van der Waals surface area contributed by atoms with Crippen molar-refractivity contribution < 1.29 is 5.11 Å². The van der Waals surface area contributed by atoms with Crippen molar-refractivity contribution in [3.8, 4) is 0 Å². The number of rotatable bonds is 9. The first kappa shape index (κ1) is 18.2. The maximum atomic E-state index is 9.79. The van der Waals surface area contributed by atoms with Crippen molar-refractivity contribution in [2.75, 3.05) is 6.61 Å². The third-order valence-corrected chi connectivity index (χ3v) is 4.85. The van der Waals surface area contributed by atoms with Crippen LogP contribution in [0.15, 0.2) is 61.7 Å².